The SMILES string of the molecule is C=C(Cc1ccc(O)cc1)c1ccc2c(c1)C(C)(C)CCC2(C)C. The molecule has 0 amide bonds. The summed E-state index contributed by atoms with van der Waals surface area (Å²) >= 11 is 0. The van der Waals surface area contributed by atoms with Gasteiger partial charge in [-0.1, -0.05) is 64.6 Å². The average Bonchev–Trinajstić information content (AvgIpc) is 2.54. The summed E-state index contributed by atoms with van der Waals surface area (Å²) < 4.78 is 0. The Morgan fingerprint density at radius 1 is 0.917 bits per heavy atom. The van der Waals surface area contributed by atoms with E-state index in [2.05, 4.69) is 52.5 Å². The Morgan fingerprint density at radius 3 is 2.12 bits per heavy atom. The third kappa shape index (κ3) is 3.13. The van der Waals surface area contributed by atoms with Gasteiger partial charge in [0, 0.05) is 0 Å². The van der Waals surface area contributed by atoms with Crippen molar-refractivity contribution >= 4 is 5.57 Å². The molecule has 1 heteroatoms. The molecule has 1 N–H and O–H groups in total. The Morgan fingerprint density at radius 2 is 1.50 bits per heavy atom. The van der Waals surface area contributed by atoms with Crippen LogP contribution in [-0.2, 0) is 17.3 Å². The largest absolute Gasteiger partial charge is 0.508 e. The van der Waals surface area contributed by atoms with Gasteiger partial charge in [-0.3, -0.25) is 0 Å². The van der Waals surface area contributed by atoms with E-state index in [1.54, 1.807) is 12.1 Å². The lowest BCUT2D eigenvalue weighted by molar-refractivity contribution is 0.332. The van der Waals surface area contributed by atoms with Crippen molar-refractivity contribution in [1.82, 2.24) is 0 Å². The minimum atomic E-state index is 0.222. The van der Waals surface area contributed by atoms with E-state index in [1.807, 2.05) is 12.1 Å². The maximum Gasteiger partial charge on any atom is 0.115 e. The molecule has 0 saturated heterocycles. The number of benzene rings is 2. The average molecular weight is 320 g/mol. The van der Waals surface area contributed by atoms with Crippen LogP contribution in [0.1, 0.15) is 62.8 Å². The van der Waals surface area contributed by atoms with Crippen LogP contribution in [0.2, 0.25) is 0 Å². The number of fused-ring (bicyclic) bond motifs is 1. The number of hydrogen-bond acceptors (Lipinski definition) is 1. The molecule has 2 aromatic rings. The molecule has 0 atom stereocenters. The first-order chi connectivity index (χ1) is 11.2. The first kappa shape index (κ1) is 16.8. The zero-order valence-electron chi connectivity index (χ0n) is 15.3. The van der Waals surface area contributed by atoms with Gasteiger partial charge in [0.05, 0.1) is 0 Å². The number of aromatic hydroxyl groups is 1. The van der Waals surface area contributed by atoms with Crippen LogP contribution in [0.25, 0.3) is 5.57 Å². The highest BCUT2D eigenvalue weighted by Gasteiger charge is 2.36. The molecular formula is C23H28O. The molecule has 0 unspecified atom stereocenters. The van der Waals surface area contributed by atoms with Crippen LogP contribution >= 0.6 is 0 Å². The van der Waals surface area contributed by atoms with E-state index in [0.29, 0.717) is 5.75 Å². The second-order valence-corrected chi connectivity index (χ2v) is 8.47. The normalized spacial score (nSPS) is 18.0. The predicted octanol–water partition coefficient (Wildman–Crippen LogP) is 6.00. The van der Waals surface area contributed by atoms with Crippen LogP contribution in [0.5, 0.6) is 5.75 Å². The highest BCUT2D eigenvalue weighted by atomic mass is 16.3. The summed E-state index contributed by atoms with van der Waals surface area (Å²) in [6.07, 6.45) is 3.27. The van der Waals surface area contributed by atoms with E-state index in [4.69, 9.17) is 0 Å². The van der Waals surface area contributed by atoms with Crippen LogP contribution in [0, 0.1) is 0 Å². The van der Waals surface area contributed by atoms with Gasteiger partial charge in [-0.2, -0.15) is 0 Å². The highest BCUT2D eigenvalue weighted by molar-refractivity contribution is 5.67. The van der Waals surface area contributed by atoms with Crippen molar-refractivity contribution in [3.05, 3.63) is 71.3 Å². The van der Waals surface area contributed by atoms with Gasteiger partial charge in [0.25, 0.3) is 0 Å². The summed E-state index contributed by atoms with van der Waals surface area (Å²) in [6, 6.07) is 14.3. The van der Waals surface area contributed by atoms with Crippen LogP contribution in [0.4, 0.5) is 0 Å². The molecule has 0 aliphatic heterocycles. The van der Waals surface area contributed by atoms with Gasteiger partial charge in [-0.05, 0) is 70.1 Å². The van der Waals surface area contributed by atoms with Gasteiger partial charge in [0.2, 0.25) is 0 Å². The lowest BCUT2D eigenvalue weighted by Crippen LogP contribution is -2.33. The summed E-state index contributed by atoms with van der Waals surface area (Å²) in [5, 5.41) is 9.42. The maximum atomic E-state index is 9.42. The fraction of sp³-hybridized carbons (Fsp3) is 0.391. The fourth-order valence-corrected chi connectivity index (χ4v) is 3.77. The van der Waals surface area contributed by atoms with Gasteiger partial charge < -0.3 is 5.11 Å². The summed E-state index contributed by atoms with van der Waals surface area (Å²) in [5.41, 5.74) is 6.97. The summed E-state index contributed by atoms with van der Waals surface area (Å²) in [5.74, 6) is 0.308. The highest BCUT2D eigenvalue weighted by Crippen LogP contribution is 2.46. The standard InChI is InChI=1S/C23H28O/c1-16(14-17-6-9-19(24)10-7-17)18-8-11-20-21(15-18)23(4,5)13-12-22(20,2)3/h6-11,15,24H,1,12-14H2,2-5H3. The van der Waals surface area contributed by atoms with E-state index in [1.165, 1.54) is 35.1 Å². The monoisotopic (exact) mass is 320 g/mol. The molecule has 2 aromatic carbocycles. The Labute approximate surface area is 146 Å². The van der Waals surface area contributed by atoms with Gasteiger partial charge in [-0.25, -0.2) is 0 Å². The van der Waals surface area contributed by atoms with E-state index < -0.39 is 0 Å². The van der Waals surface area contributed by atoms with Gasteiger partial charge in [-0.15, -0.1) is 0 Å². The fourth-order valence-electron chi connectivity index (χ4n) is 3.77. The molecule has 24 heavy (non-hydrogen) atoms. The zero-order valence-corrected chi connectivity index (χ0v) is 15.3. The summed E-state index contributed by atoms with van der Waals surface area (Å²) in [6.45, 7) is 13.7. The molecule has 3 rings (SSSR count). The zero-order chi connectivity index (χ0) is 17.5. The first-order valence-electron chi connectivity index (χ1n) is 8.80. The maximum absolute atomic E-state index is 9.42. The molecule has 0 fully saturated rings. The number of phenols is 1. The topological polar surface area (TPSA) is 20.2 Å². The van der Waals surface area contributed by atoms with Crippen molar-refractivity contribution in [2.45, 2.75) is 57.8 Å². The third-order valence-corrected chi connectivity index (χ3v) is 5.61. The Kier molecular flexibility index (Phi) is 4.07. The number of rotatable bonds is 3. The van der Waals surface area contributed by atoms with Crippen molar-refractivity contribution in [3.8, 4) is 5.75 Å². The molecular weight excluding hydrogens is 292 g/mol. The smallest absolute Gasteiger partial charge is 0.115 e. The van der Waals surface area contributed by atoms with Crippen molar-refractivity contribution in [1.29, 1.82) is 0 Å². The third-order valence-electron chi connectivity index (χ3n) is 5.61. The quantitative estimate of drug-likeness (QED) is 0.735. The van der Waals surface area contributed by atoms with Gasteiger partial charge >= 0.3 is 0 Å². The van der Waals surface area contributed by atoms with Crippen molar-refractivity contribution in [3.63, 3.8) is 0 Å². The molecule has 0 heterocycles. The van der Waals surface area contributed by atoms with Crippen molar-refractivity contribution in [2.24, 2.45) is 0 Å². The van der Waals surface area contributed by atoms with E-state index in [9.17, 15) is 5.11 Å². The molecule has 0 spiro atoms. The second kappa shape index (κ2) is 5.81. The van der Waals surface area contributed by atoms with Gasteiger partial charge in [0.15, 0.2) is 0 Å². The molecule has 126 valence electrons. The Hall–Kier alpha value is -2.02. The lowest BCUT2D eigenvalue weighted by Gasteiger charge is -2.42. The van der Waals surface area contributed by atoms with Crippen molar-refractivity contribution in [2.75, 3.05) is 0 Å². The molecule has 1 aliphatic carbocycles. The van der Waals surface area contributed by atoms with Crippen LogP contribution in [0.3, 0.4) is 0 Å². The lowest BCUT2D eigenvalue weighted by atomic mass is 9.63. The van der Waals surface area contributed by atoms with Crippen molar-refractivity contribution < 1.29 is 5.11 Å². The van der Waals surface area contributed by atoms with Crippen LogP contribution in [-0.4, -0.2) is 5.11 Å². The molecule has 0 bridgehead atoms. The molecule has 0 aromatic heterocycles. The Bertz CT molecular complexity index is 763. The number of hydrogen-bond donors (Lipinski definition) is 1. The number of phenolic OH excluding ortho intramolecular Hbond substituents is 1. The second-order valence-electron chi connectivity index (χ2n) is 8.47. The van der Waals surface area contributed by atoms with E-state index in [-0.39, 0.29) is 10.8 Å². The van der Waals surface area contributed by atoms with Gasteiger partial charge in [0.1, 0.15) is 5.75 Å². The van der Waals surface area contributed by atoms with Crippen LogP contribution < -0.4 is 0 Å². The summed E-state index contributed by atoms with van der Waals surface area (Å²) in [7, 11) is 0. The molecule has 0 radical (unpaired) electrons. The minimum Gasteiger partial charge on any atom is -0.508 e. The predicted molar refractivity (Wildman–Crippen MR) is 103 cm³/mol. The number of allylic oxidation sites excluding steroid dienone is 1. The molecule has 1 aliphatic rings. The Balaban J connectivity index is 1.92. The molecule has 1 nitrogen and oxygen atoms in total. The van der Waals surface area contributed by atoms with E-state index >= 15 is 0 Å². The van der Waals surface area contributed by atoms with Crippen LogP contribution in [0.15, 0.2) is 49.0 Å². The minimum absolute atomic E-state index is 0.222. The molecule has 0 saturated carbocycles. The first-order valence-corrected chi connectivity index (χ1v) is 8.80. The van der Waals surface area contributed by atoms with E-state index in [0.717, 1.165) is 12.0 Å². The summed E-state index contributed by atoms with van der Waals surface area (Å²) in [4.78, 5) is 0.